The average molecular weight is 284 g/mol. The SMILES string of the molecule is Cc1cc(C)c(C)c(OCCCN(C)C(=O)CCl)c1. The lowest BCUT2D eigenvalue weighted by molar-refractivity contribution is -0.127. The van der Waals surface area contributed by atoms with Gasteiger partial charge in [0.15, 0.2) is 0 Å². The van der Waals surface area contributed by atoms with E-state index in [1.807, 2.05) is 0 Å². The highest BCUT2D eigenvalue weighted by atomic mass is 35.5. The fraction of sp³-hybridized carbons (Fsp3) is 0.533. The minimum Gasteiger partial charge on any atom is -0.493 e. The summed E-state index contributed by atoms with van der Waals surface area (Å²) in [6.07, 6.45) is 0.797. The van der Waals surface area contributed by atoms with Crippen molar-refractivity contribution in [3.8, 4) is 5.75 Å². The van der Waals surface area contributed by atoms with Crippen LogP contribution in [0.25, 0.3) is 0 Å². The number of hydrogen-bond donors (Lipinski definition) is 0. The Bertz CT molecular complexity index is 446. The third kappa shape index (κ3) is 4.75. The van der Waals surface area contributed by atoms with Crippen molar-refractivity contribution in [1.29, 1.82) is 0 Å². The molecule has 0 aliphatic rings. The van der Waals surface area contributed by atoms with E-state index in [-0.39, 0.29) is 11.8 Å². The second-order valence-electron chi connectivity index (χ2n) is 4.86. The number of halogens is 1. The quantitative estimate of drug-likeness (QED) is 0.593. The monoisotopic (exact) mass is 283 g/mol. The number of alkyl halides is 1. The van der Waals surface area contributed by atoms with Gasteiger partial charge < -0.3 is 9.64 Å². The lowest BCUT2D eigenvalue weighted by Gasteiger charge is -2.16. The van der Waals surface area contributed by atoms with Crippen LogP contribution in [0.5, 0.6) is 5.75 Å². The van der Waals surface area contributed by atoms with Crippen LogP contribution >= 0.6 is 11.6 Å². The zero-order valence-electron chi connectivity index (χ0n) is 12.1. The highest BCUT2D eigenvalue weighted by Gasteiger charge is 2.07. The Labute approximate surface area is 120 Å². The van der Waals surface area contributed by atoms with E-state index in [4.69, 9.17) is 16.3 Å². The van der Waals surface area contributed by atoms with Crippen molar-refractivity contribution < 1.29 is 9.53 Å². The van der Waals surface area contributed by atoms with Gasteiger partial charge in [-0.1, -0.05) is 6.07 Å². The average Bonchev–Trinajstić information content (AvgIpc) is 2.38. The molecule has 0 unspecified atom stereocenters. The molecule has 0 aromatic heterocycles. The third-order valence-corrected chi connectivity index (χ3v) is 3.43. The van der Waals surface area contributed by atoms with Gasteiger partial charge in [-0.05, 0) is 49.9 Å². The van der Waals surface area contributed by atoms with E-state index in [1.165, 1.54) is 16.7 Å². The van der Waals surface area contributed by atoms with Crippen molar-refractivity contribution in [3.63, 3.8) is 0 Å². The molecule has 0 fully saturated rings. The molecule has 0 saturated heterocycles. The summed E-state index contributed by atoms with van der Waals surface area (Å²) in [7, 11) is 1.76. The number of carbonyl (C=O) groups is 1. The molecular weight excluding hydrogens is 262 g/mol. The second-order valence-corrected chi connectivity index (χ2v) is 5.12. The van der Waals surface area contributed by atoms with Crippen molar-refractivity contribution in [3.05, 3.63) is 28.8 Å². The maximum Gasteiger partial charge on any atom is 0.237 e. The van der Waals surface area contributed by atoms with E-state index in [2.05, 4.69) is 32.9 Å². The number of amides is 1. The summed E-state index contributed by atoms with van der Waals surface area (Å²) in [4.78, 5) is 12.9. The Morgan fingerprint density at radius 1 is 1.32 bits per heavy atom. The maximum atomic E-state index is 11.3. The second kappa shape index (κ2) is 7.39. The number of carbonyl (C=O) groups excluding carboxylic acids is 1. The van der Waals surface area contributed by atoms with Crippen LogP contribution in [0, 0.1) is 20.8 Å². The molecule has 1 aromatic carbocycles. The predicted octanol–water partition coefficient (Wildman–Crippen LogP) is 3.08. The van der Waals surface area contributed by atoms with Gasteiger partial charge in [-0.3, -0.25) is 4.79 Å². The van der Waals surface area contributed by atoms with Crippen LogP contribution in [0.15, 0.2) is 12.1 Å². The zero-order chi connectivity index (χ0) is 14.4. The molecule has 1 aromatic rings. The highest BCUT2D eigenvalue weighted by molar-refractivity contribution is 6.27. The normalized spacial score (nSPS) is 10.4. The van der Waals surface area contributed by atoms with Gasteiger partial charge in [0.05, 0.1) is 6.61 Å². The Balaban J connectivity index is 2.44. The van der Waals surface area contributed by atoms with Crippen molar-refractivity contribution in [2.75, 3.05) is 26.1 Å². The van der Waals surface area contributed by atoms with Gasteiger partial charge >= 0.3 is 0 Å². The molecule has 0 spiro atoms. The van der Waals surface area contributed by atoms with E-state index in [1.54, 1.807) is 11.9 Å². The smallest absolute Gasteiger partial charge is 0.237 e. The lowest BCUT2D eigenvalue weighted by atomic mass is 10.1. The number of hydrogen-bond acceptors (Lipinski definition) is 2. The molecule has 0 saturated carbocycles. The summed E-state index contributed by atoms with van der Waals surface area (Å²) in [5.74, 6) is 0.918. The summed E-state index contributed by atoms with van der Waals surface area (Å²) < 4.78 is 5.79. The molecule has 3 nitrogen and oxygen atoms in total. The molecule has 0 aliphatic heterocycles. The number of nitrogens with zero attached hydrogens (tertiary/aromatic N) is 1. The topological polar surface area (TPSA) is 29.5 Å². The molecule has 4 heteroatoms. The maximum absolute atomic E-state index is 11.3. The van der Waals surface area contributed by atoms with E-state index >= 15 is 0 Å². The minimum absolute atomic E-state index is 0.0353. The molecule has 0 atom stereocenters. The molecule has 0 N–H and O–H groups in total. The van der Waals surface area contributed by atoms with Gasteiger partial charge in [0.1, 0.15) is 11.6 Å². The van der Waals surface area contributed by atoms with E-state index < -0.39 is 0 Å². The number of rotatable bonds is 6. The van der Waals surface area contributed by atoms with E-state index in [0.717, 1.165) is 12.2 Å². The summed E-state index contributed by atoms with van der Waals surface area (Å²) in [5.41, 5.74) is 3.62. The van der Waals surface area contributed by atoms with E-state index in [9.17, 15) is 4.79 Å². The summed E-state index contributed by atoms with van der Waals surface area (Å²) in [6.45, 7) is 7.47. The van der Waals surface area contributed by atoms with Crippen LogP contribution in [-0.4, -0.2) is 36.9 Å². The molecule has 0 heterocycles. The summed E-state index contributed by atoms with van der Waals surface area (Å²) in [5, 5.41) is 0. The van der Waals surface area contributed by atoms with Crippen LogP contribution in [0.2, 0.25) is 0 Å². The first kappa shape index (κ1) is 15.8. The van der Waals surface area contributed by atoms with Gasteiger partial charge in [-0.2, -0.15) is 0 Å². The van der Waals surface area contributed by atoms with Crippen LogP contribution in [0.4, 0.5) is 0 Å². The molecule has 1 amide bonds. The molecule has 0 bridgehead atoms. The summed E-state index contributed by atoms with van der Waals surface area (Å²) >= 11 is 5.49. The van der Waals surface area contributed by atoms with Crippen molar-refractivity contribution in [2.45, 2.75) is 27.2 Å². The zero-order valence-corrected chi connectivity index (χ0v) is 12.9. The minimum atomic E-state index is -0.0516. The highest BCUT2D eigenvalue weighted by Crippen LogP contribution is 2.23. The van der Waals surface area contributed by atoms with Crippen molar-refractivity contribution in [1.82, 2.24) is 4.90 Å². The Kier molecular flexibility index (Phi) is 6.16. The van der Waals surface area contributed by atoms with Gasteiger partial charge in [-0.25, -0.2) is 0 Å². The molecule has 19 heavy (non-hydrogen) atoms. The number of ether oxygens (including phenoxy) is 1. The standard InChI is InChI=1S/C15H22ClNO2/c1-11-8-12(2)13(3)14(9-11)19-7-5-6-17(4)15(18)10-16/h8-9H,5-7,10H2,1-4H3. The molecule has 0 radical (unpaired) electrons. The molecule has 0 aliphatic carbocycles. The fourth-order valence-corrected chi connectivity index (χ4v) is 2.07. The van der Waals surface area contributed by atoms with Crippen molar-refractivity contribution in [2.24, 2.45) is 0 Å². The Morgan fingerprint density at radius 2 is 2.00 bits per heavy atom. The van der Waals surface area contributed by atoms with Crippen LogP contribution in [0.3, 0.4) is 0 Å². The van der Waals surface area contributed by atoms with Crippen LogP contribution in [-0.2, 0) is 4.79 Å². The summed E-state index contributed by atoms with van der Waals surface area (Å²) in [6, 6.07) is 4.20. The van der Waals surface area contributed by atoms with Gasteiger partial charge in [-0.15, -0.1) is 11.6 Å². The van der Waals surface area contributed by atoms with Crippen molar-refractivity contribution >= 4 is 17.5 Å². The van der Waals surface area contributed by atoms with Gasteiger partial charge in [0.2, 0.25) is 5.91 Å². The van der Waals surface area contributed by atoms with Gasteiger partial charge in [0.25, 0.3) is 0 Å². The molecule has 1 rings (SSSR count). The fourth-order valence-electron chi connectivity index (χ4n) is 1.86. The van der Waals surface area contributed by atoms with Crippen LogP contribution < -0.4 is 4.74 Å². The number of benzene rings is 1. The first-order valence-corrected chi connectivity index (χ1v) is 6.99. The molecular formula is C15H22ClNO2. The molecule has 106 valence electrons. The number of aryl methyl sites for hydroxylation is 2. The largest absolute Gasteiger partial charge is 0.493 e. The Hall–Kier alpha value is -1.22. The first-order valence-electron chi connectivity index (χ1n) is 6.46. The van der Waals surface area contributed by atoms with Gasteiger partial charge in [0, 0.05) is 13.6 Å². The first-order chi connectivity index (χ1) is 8.95. The third-order valence-electron chi connectivity index (χ3n) is 3.20. The van der Waals surface area contributed by atoms with E-state index in [0.29, 0.717) is 13.2 Å². The van der Waals surface area contributed by atoms with Crippen LogP contribution in [0.1, 0.15) is 23.1 Å². The lowest BCUT2D eigenvalue weighted by Crippen LogP contribution is -2.29. The Morgan fingerprint density at radius 3 is 2.63 bits per heavy atom. The predicted molar refractivity (Wildman–Crippen MR) is 79.1 cm³/mol.